The van der Waals surface area contributed by atoms with E-state index in [1.165, 1.54) is 7.11 Å². The maximum Gasteiger partial charge on any atom is 0.328 e. The van der Waals surface area contributed by atoms with Crippen molar-refractivity contribution in [2.75, 3.05) is 7.11 Å². The molecule has 10 nitrogen and oxygen atoms in total. The Hall–Kier alpha value is -4.71. The first-order chi connectivity index (χ1) is 25.2. The zero-order valence-corrected chi connectivity index (χ0v) is 30.3. The lowest BCUT2D eigenvalue weighted by Gasteiger charge is -2.41. The Morgan fingerprint density at radius 3 is 2.27 bits per heavy atom. The third-order valence-electron chi connectivity index (χ3n) is 9.20. The summed E-state index contributed by atoms with van der Waals surface area (Å²) >= 11 is 12.6. The first kappa shape index (κ1) is 37.1. The molecular formula is C40H40Cl2N4O6. The van der Waals surface area contributed by atoms with Crippen LogP contribution in [0.2, 0.25) is 10.3 Å². The number of aliphatic hydroxyl groups excluding tert-OH is 1. The highest BCUT2D eigenvalue weighted by atomic mass is 35.5. The van der Waals surface area contributed by atoms with Crippen LogP contribution >= 0.6 is 23.2 Å². The highest BCUT2D eigenvalue weighted by Crippen LogP contribution is 2.42. The van der Waals surface area contributed by atoms with Crippen molar-refractivity contribution in [3.63, 3.8) is 0 Å². The van der Waals surface area contributed by atoms with Crippen molar-refractivity contribution in [1.29, 1.82) is 0 Å². The topological polar surface area (TPSA) is 124 Å². The summed E-state index contributed by atoms with van der Waals surface area (Å²) in [6.45, 7) is 2.73. The molecule has 52 heavy (non-hydrogen) atoms. The summed E-state index contributed by atoms with van der Waals surface area (Å²) < 4.78 is 19.9. The molecule has 5 atom stereocenters. The fourth-order valence-electron chi connectivity index (χ4n) is 6.26. The number of nitrogens with one attached hydrogen (secondary N) is 2. The number of rotatable bonds is 12. The van der Waals surface area contributed by atoms with Crippen molar-refractivity contribution in [2.45, 2.75) is 57.6 Å². The van der Waals surface area contributed by atoms with E-state index in [2.05, 4.69) is 22.5 Å². The number of aliphatic hydroxyl groups is 1. The number of benzene rings is 4. The fraction of sp³-hybridized carbons (Fsp3) is 0.275. The number of carbonyl (C=O) groups excluding carboxylic acids is 2. The van der Waals surface area contributed by atoms with Crippen molar-refractivity contribution in [2.24, 2.45) is 5.92 Å². The summed E-state index contributed by atoms with van der Waals surface area (Å²) in [5.41, 5.74) is 6.38. The summed E-state index contributed by atoms with van der Waals surface area (Å²) in [5, 5.41) is 15.7. The van der Waals surface area contributed by atoms with Crippen LogP contribution in [0.4, 0.5) is 4.79 Å². The third kappa shape index (κ3) is 9.01. The molecule has 0 radical (unpaired) electrons. The minimum absolute atomic E-state index is 0.0383. The van der Waals surface area contributed by atoms with E-state index in [4.69, 9.17) is 37.4 Å². The van der Waals surface area contributed by atoms with Gasteiger partial charge in [-0.25, -0.2) is 14.6 Å². The number of hydrogen-bond acceptors (Lipinski definition) is 7. The molecule has 270 valence electrons. The van der Waals surface area contributed by atoms with Crippen LogP contribution in [0.25, 0.3) is 11.1 Å². The normalized spacial score (nSPS) is 19.1. The van der Waals surface area contributed by atoms with Gasteiger partial charge in [-0.2, -0.15) is 0 Å². The number of ether oxygens (including phenoxy) is 3. The lowest BCUT2D eigenvalue weighted by Crippen LogP contribution is -2.47. The summed E-state index contributed by atoms with van der Waals surface area (Å²) in [5.74, 6) is -0.570. The Morgan fingerprint density at radius 2 is 1.60 bits per heavy atom. The van der Waals surface area contributed by atoms with Gasteiger partial charge in [-0.1, -0.05) is 127 Å². The van der Waals surface area contributed by atoms with Gasteiger partial charge in [-0.05, 0) is 39.4 Å². The highest BCUT2D eigenvalue weighted by Gasteiger charge is 2.39. The quantitative estimate of drug-likeness (QED) is 0.114. The predicted molar refractivity (Wildman–Crippen MR) is 198 cm³/mol. The van der Waals surface area contributed by atoms with Crippen LogP contribution in [-0.2, 0) is 45.1 Å². The van der Waals surface area contributed by atoms with Gasteiger partial charge in [0.2, 0.25) is 0 Å². The molecule has 2 amide bonds. The standard InChI is InChI=1S/C40H40Cl2N4O6/c1-25-34(22-46-24-44-36(41)37(46)42)51-39(52-35(25)30-13-11-27(23-47)12-14-30)31-17-15-29(16-18-31)32-10-6-9-28(19-32)21-43-40(49)45-33(38(48)50-2)20-26-7-4-3-5-8-26/h3-19,24-25,33-35,39,47H,20-23H2,1-2H3,(H2,43,45,49)/t25-,33-,34+,35+,39+/m0/s1. The van der Waals surface area contributed by atoms with Gasteiger partial charge in [0.25, 0.3) is 0 Å². The largest absolute Gasteiger partial charge is 0.467 e. The molecule has 2 heterocycles. The molecule has 3 N–H and O–H groups in total. The highest BCUT2D eigenvalue weighted by molar-refractivity contribution is 6.40. The van der Waals surface area contributed by atoms with Gasteiger partial charge in [0.1, 0.15) is 11.2 Å². The van der Waals surface area contributed by atoms with Crippen LogP contribution < -0.4 is 10.6 Å². The van der Waals surface area contributed by atoms with Crippen molar-refractivity contribution in [3.8, 4) is 11.1 Å². The number of methoxy groups -OCH3 is 1. The van der Waals surface area contributed by atoms with Gasteiger partial charge >= 0.3 is 12.0 Å². The molecule has 1 aromatic heterocycles. The molecule has 1 saturated heterocycles. The Morgan fingerprint density at radius 1 is 0.885 bits per heavy atom. The molecule has 1 aliphatic heterocycles. The number of carbonyl (C=O) groups is 2. The fourth-order valence-corrected chi connectivity index (χ4v) is 6.58. The summed E-state index contributed by atoms with van der Waals surface area (Å²) in [6.07, 6.45) is 0.671. The van der Waals surface area contributed by atoms with Crippen LogP contribution in [0.5, 0.6) is 0 Å². The number of hydrogen-bond donors (Lipinski definition) is 3. The minimum atomic E-state index is -0.822. The average molecular weight is 744 g/mol. The number of halogens is 2. The van der Waals surface area contributed by atoms with Crippen LogP contribution in [-0.4, -0.2) is 45.9 Å². The first-order valence-electron chi connectivity index (χ1n) is 16.9. The Bertz CT molecular complexity index is 1960. The zero-order valence-electron chi connectivity index (χ0n) is 28.7. The van der Waals surface area contributed by atoms with E-state index < -0.39 is 24.3 Å². The second kappa shape index (κ2) is 17.2. The Balaban J connectivity index is 1.14. The molecule has 6 rings (SSSR count). The zero-order chi connectivity index (χ0) is 36.6. The molecule has 4 aromatic carbocycles. The smallest absolute Gasteiger partial charge is 0.328 e. The monoisotopic (exact) mass is 742 g/mol. The van der Waals surface area contributed by atoms with Gasteiger partial charge in [0.05, 0.1) is 38.8 Å². The summed E-state index contributed by atoms with van der Waals surface area (Å²) in [4.78, 5) is 29.3. The second-order valence-electron chi connectivity index (χ2n) is 12.7. The van der Waals surface area contributed by atoms with Gasteiger partial charge in [-0.3, -0.25) is 0 Å². The number of esters is 1. The van der Waals surface area contributed by atoms with Gasteiger partial charge < -0.3 is 34.5 Å². The van der Waals surface area contributed by atoms with Gasteiger partial charge in [0, 0.05) is 24.4 Å². The molecule has 0 aliphatic carbocycles. The van der Waals surface area contributed by atoms with Gasteiger partial charge in [0.15, 0.2) is 11.4 Å². The Labute approximate surface area is 312 Å². The molecular weight excluding hydrogens is 703 g/mol. The molecule has 0 bridgehead atoms. The number of imidazole rings is 1. The number of urea groups is 1. The van der Waals surface area contributed by atoms with E-state index in [1.54, 1.807) is 10.9 Å². The van der Waals surface area contributed by atoms with Crippen LogP contribution in [0.3, 0.4) is 0 Å². The summed E-state index contributed by atoms with van der Waals surface area (Å²) in [7, 11) is 1.30. The molecule has 0 saturated carbocycles. The predicted octanol–water partition coefficient (Wildman–Crippen LogP) is 7.42. The van der Waals surface area contributed by atoms with E-state index in [1.807, 2.05) is 103 Å². The number of aromatic nitrogens is 2. The molecule has 0 spiro atoms. The van der Waals surface area contributed by atoms with Crippen LogP contribution in [0.15, 0.2) is 109 Å². The average Bonchev–Trinajstić information content (AvgIpc) is 3.50. The Kier molecular flexibility index (Phi) is 12.3. The van der Waals surface area contributed by atoms with Crippen LogP contribution in [0.1, 0.15) is 47.1 Å². The van der Waals surface area contributed by atoms with Crippen molar-refractivity contribution in [3.05, 3.63) is 148 Å². The molecule has 5 aromatic rings. The maximum atomic E-state index is 12.8. The lowest BCUT2D eigenvalue weighted by atomic mass is 9.90. The number of nitrogens with zero attached hydrogens (tertiary/aromatic N) is 2. The van der Waals surface area contributed by atoms with Crippen molar-refractivity contribution >= 4 is 35.2 Å². The van der Waals surface area contributed by atoms with E-state index in [0.717, 1.165) is 38.9 Å². The molecule has 1 fully saturated rings. The van der Waals surface area contributed by atoms with Crippen molar-refractivity contribution in [1.82, 2.24) is 20.2 Å². The second-order valence-corrected chi connectivity index (χ2v) is 13.4. The molecule has 0 unspecified atom stereocenters. The van der Waals surface area contributed by atoms with Gasteiger partial charge in [-0.15, -0.1) is 0 Å². The first-order valence-corrected chi connectivity index (χ1v) is 17.7. The minimum Gasteiger partial charge on any atom is -0.467 e. The molecule has 12 heteroatoms. The van der Waals surface area contributed by atoms with Crippen LogP contribution in [0, 0.1) is 5.92 Å². The maximum absolute atomic E-state index is 12.8. The van der Waals surface area contributed by atoms with Crippen molar-refractivity contribution < 1.29 is 28.9 Å². The van der Waals surface area contributed by atoms with E-state index in [0.29, 0.717) is 18.1 Å². The lowest BCUT2D eigenvalue weighted by molar-refractivity contribution is -0.276. The van der Waals surface area contributed by atoms with E-state index >= 15 is 0 Å². The third-order valence-corrected chi connectivity index (χ3v) is 9.97. The molecule has 1 aliphatic rings. The summed E-state index contributed by atoms with van der Waals surface area (Å²) in [6, 6.07) is 31.8. The van der Waals surface area contributed by atoms with E-state index in [9.17, 15) is 14.7 Å². The SMILES string of the molecule is COC(=O)[C@H](Cc1ccccc1)NC(=O)NCc1cccc(-c2ccc([C@@H]3O[C@H](Cn4cnc(Cl)c4Cl)[C@H](C)[C@H](c4ccc(CO)cc4)O3)cc2)c1. The number of amides is 2. The van der Waals surface area contributed by atoms with E-state index in [-0.39, 0.29) is 36.4 Å².